The van der Waals surface area contributed by atoms with E-state index in [0.717, 1.165) is 5.56 Å². The average Bonchev–Trinajstić information content (AvgIpc) is 2.61. The topological polar surface area (TPSA) is 71.1 Å². The van der Waals surface area contributed by atoms with Crippen LogP contribution < -0.4 is 9.47 Å². The zero-order valence-corrected chi connectivity index (χ0v) is 14.7. The molecular formula is C20H20O6. The Morgan fingerprint density at radius 3 is 2.15 bits per heavy atom. The van der Waals surface area contributed by atoms with Gasteiger partial charge in [-0.05, 0) is 31.5 Å². The van der Waals surface area contributed by atoms with Crippen molar-refractivity contribution in [2.75, 3.05) is 13.2 Å². The highest BCUT2D eigenvalue weighted by atomic mass is 16.7. The number of fused-ring (bicyclic) bond motifs is 1. The second-order valence-corrected chi connectivity index (χ2v) is 5.47. The fourth-order valence-corrected chi connectivity index (χ4v) is 2.32. The minimum atomic E-state index is -0.842. The van der Waals surface area contributed by atoms with Gasteiger partial charge in [-0.2, -0.15) is 0 Å². The minimum Gasteiger partial charge on any atom is -0.430 e. The first-order valence-electron chi connectivity index (χ1n) is 7.91. The van der Waals surface area contributed by atoms with Gasteiger partial charge in [-0.25, -0.2) is 9.59 Å². The lowest BCUT2D eigenvalue weighted by molar-refractivity contribution is 0.108. The van der Waals surface area contributed by atoms with Crippen molar-refractivity contribution in [2.24, 2.45) is 0 Å². The number of benzene rings is 2. The van der Waals surface area contributed by atoms with Gasteiger partial charge in [-0.1, -0.05) is 43.0 Å². The van der Waals surface area contributed by atoms with Crippen LogP contribution >= 0.6 is 0 Å². The standard InChI is InChI=1S/C20H20O6/c1-5-9-23-19(21)25-17-12-14(4)18(26-20(22)24-10-6-2)15-8-7-13(3)11-16(15)17/h5-8,11-12H,1-2,9-10H2,3-4H3. The van der Waals surface area contributed by atoms with Gasteiger partial charge in [0, 0.05) is 10.8 Å². The summed E-state index contributed by atoms with van der Waals surface area (Å²) in [5.74, 6) is 0.642. The molecule has 0 bridgehead atoms. The van der Waals surface area contributed by atoms with Gasteiger partial charge in [0.1, 0.15) is 24.7 Å². The fourth-order valence-electron chi connectivity index (χ4n) is 2.32. The lowest BCUT2D eigenvalue weighted by atomic mass is 10.0. The predicted molar refractivity (Wildman–Crippen MR) is 97.8 cm³/mol. The lowest BCUT2D eigenvalue weighted by Gasteiger charge is -2.14. The van der Waals surface area contributed by atoms with E-state index >= 15 is 0 Å². The summed E-state index contributed by atoms with van der Waals surface area (Å²) in [6.45, 7) is 10.7. The van der Waals surface area contributed by atoms with Gasteiger partial charge in [0.2, 0.25) is 0 Å². The molecule has 0 spiro atoms. The maximum absolute atomic E-state index is 11.8. The molecule has 0 atom stereocenters. The number of hydrogen-bond acceptors (Lipinski definition) is 6. The molecule has 0 aliphatic heterocycles. The molecule has 26 heavy (non-hydrogen) atoms. The first-order chi connectivity index (χ1) is 12.5. The molecule has 2 aromatic rings. The molecule has 0 unspecified atom stereocenters. The van der Waals surface area contributed by atoms with Crippen LogP contribution in [-0.4, -0.2) is 25.5 Å². The number of carbonyl (C=O) groups excluding carboxylic acids is 2. The number of carbonyl (C=O) groups is 2. The summed E-state index contributed by atoms with van der Waals surface area (Å²) in [6, 6.07) is 7.08. The van der Waals surface area contributed by atoms with Gasteiger partial charge < -0.3 is 18.9 Å². The average molecular weight is 356 g/mol. The third-order valence-corrected chi connectivity index (χ3v) is 3.41. The number of ether oxygens (including phenoxy) is 4. The van der Waals surface area contributed by atoms with Gasteiger partial charge in [0.15, 0.2) is 0 Å². The van der Waals surface area contributed by atoms with Crippen molar-refractivity contribution in [2.45, 2.75) is 13.8 Å². The van der Waals surface area contributed by atoms with Crippen molar-refractivity contribution in [3.8, 4) is 11.5 Å². The van der Waals surface area contributed by atoms with E-state index in [1.165, 1.54) is 12.2 Å². The second-order valence-electron chi connectivity index (χ2n) is 5.47. The van der Waals surface area contributed by atoms with Crippen LogP contribution in [-0.2, 0) is 9.47 Å². The van der Waals surface area contributed by atoms with E-state index in [0.29, 0.717) is 27.8 Å². The largest absolute Gasteiger partial charge is 0.514 e. The third kappa shape index (κ3) is 4.63. The van der Waals surface area contributed by atoms with E-state index < -0.39 is 12.3 Å². The van der Waals surface area contributed by atoms with Crippen molar-refractivity contribution in [1.82, 2.24) is 0 Å². The summed E-state index contributed by atoms with van der Waals surface area (Å²) in [7, 11) is 0. The van der Waals surface area contributed by atoms with Crippen LogP contribution in [0.5, 0.6) is 11.5 Å². The Labute approximate surface area is 151 Å². The number of hydrogen-bond donors (Lipinski definition) is 0. The van der Waals surface area contributed by atoms with E-state index in [9.17, 15) is 9.59 Å². The highest BCUT2D eigenvalue weighted by Gasteiger charge is 2.18. The van der Waals surface area contributed by atoms with Crippen molar-refractivity contribution in [3.63, 3.8) is 0 Å². The van der Waals surface area contributed by atoms with E-state index in [4.69, 9.17) is 18.9 Å². The van der Waals surface area contributed by atoms with Crippen LogP contribution in [0, 0.1) is 13.8 Å². The van der Waals surface area contributed by atoms with E-state index in [-0.39, 0.29) is 13.2 Å². The van der Waals surface area contributed by atoms with Crippen molar-refractivity contribution < 1.29 is 28.5 Å². The molecule has 2 rings (SSSR count). The molecule has 0 aliphatic rings. The minimum absolute atomic E-state index is 0.0467. The Bertz CT molecular complexity index is 853. The molecule has 0 fully saturated rings. The highest BCUT2D eigenvalue weighted by molar-refractivity contribution is 5.97. The van der Waals surface area contributed by atoms with Crippen LogP contribution in [0.4, 0.5) is 9.59 Å². The Morgan fingerprint density at radius 1 is 0.923 bits per heavy atom. The van der Waals surface area contributed by atoms with E-state index in [1.54, 1.807) is 19.1 Å². The van der Waals surface area contributed by atoms with Crippen molar-refractivity contribution >= 4 is 23.1 Å². The van der Waals surface area contributed by atoms with Gasteiger partial charge >= 0.3 is 12.3 Å². The quantitative estimate of drug-likeness (QED) is 0.418. The molecule has 136 valence electrons. The van der Waals surface area contributed by atoms with Crippen LogP contribution in [0.2, 0.25) is 0 Å². The van der Waals surface area contributed by atoms with Crippen molar-refractivity contribution in [3.05, 3.63) is 60.7 Å². The summed E-state index contributed by atoms with van der Waals surface area (Å²) in [6.07, 6.45) is 1.21. The molecule has 0 saturated carbocycles. The zero-order valence-electron chi connectivity index (χ0n) is 14.7. The molecule has 0 N–H and O–H groups in total. The Balaban J connectivity index is 2.43. The van der Waals surface area contributed by atoms with Gasteiger partial charge in [-0.15, -0.1) is 0 Å². The predicted octanol–water partition coefficient (Wildman–Crippen LogP) is 4.86. The van der Waals surface area contributed by atoms with Crippen LogP contribution in [0.1, 0.15) is 11.1 Å². The summed E-state index contributed by atoms with van der Waals surface area (Å²) < 4.78 is 20.4. The van der Waals surface area contributed by atoms with Gasteiger partial charge in [-0.3, -0.25) is 0 Å². The summed E-state index contributed by atoms with van der Waals surface area (Å²) >= 11 is 0. The van der Waals surface area contributed by atoms with Crippen LogP contribution in [0.25, 0.3) is 10.8 Å². The molecule has 6 heteroatoms. The molecule has 0 aromatic heterocycles. The number of rotatable bonds is 6. The van der Waals surface area contributed by atoms with Crippen LogP contribution in [0.3, 0.4) is 0 Å². The molecule has 0 radical (unpaired) electrons. The highest BCUT2D eigenvalue weighted by Crippen LogP contribution is 2.37. The smallest absolute Gasteiger partial charge is 0.430 e. The second kappa shape index (κ2) is 8.71. The van der Waals surface area contributed by atoms with E-state index in [1.807, 2.05) is 19.1 Å². The monoisotopic (exact) mass is 356 g/mol. The first-order valence-corrected chi connectivity index (χ1v) is 7.91. The fraction of sp³-hybridized carbons (Fsp3) is 0.200. The van der Waals surface area contributed by atoms with Gasteiger partial charge in [0.25, 0.3) is 0 Å². The molecule has 0 amide bonds. The molecule has 0 heterocycles. The maximum Gasteiger partial charge on any atom is 0.514 e. The maximum atomic E-state index is 11.8. The lowest BCUT2D eigenvalue weighted by Crippen LogP contribution is -2.13. The first kappa shape index (κ1) is 19.1. The summed E-state index contributed by atoms with van der Waals surface area (Å²) in [5.41, 5.74) is 1.55. The normalized spacial score (nSPS) is 10.1. The molecule has 2 aromatic carbocycles. The summed E-state index contributed by atoms with van der Waals surface area (Å²) in [5, 5.41) is 1.22. The molecular weight excluding hydrogens is 336 g/mol. The third-order valence-electron chi connectivity index (χ3n) is 3.41. The zero-order chi connectivity index (χ0) is 19.1. The van der Waals surface area contributed by atoms with Crippen LogP contribution in [0.15, 0.2) is 49.6 Å². The molecule has 0 aliphatic carbocycles. The summed E-state index contributed by atoms with van der Waals surface area (Å²) in [4.78, 5) is 23.6. The van der Waals surface area contributed by atoms with E-state index in [2.05, 4.69) is 13.2 Å². The van der Waals surface area contributed by atoms with Gasteiger partial charge in [0.05, 0.1) is 0 Å². The number of aryl methyl sites for hydroxylation is 2. The van der Waals surface area contributed by atoms with Crippen molar-refractivity contribution in [1.29, 1.82) is 0 Å². The molecule has 0 saturated heterocycles. The Kier molecular flexibility index (Phi) is 6.38. The Morgan fingerprint density at radius 2 is 1.54 bits per heavy atom. The Hall–Kier alpha value is -3.28. The molecule has 6 nitrogen and oxygen atoms in total. The SMILES string of the molecule is C=CCOC(=O)Oc1cc(C)c(OC(=O)OCC=C)c2ccc(C)cc12.